The van der Waals surface area contributed by atoms with Crippen LogP contribution in [0.3, 0.4) is 0 Å². The van der Waals surface area contributed by atoms with Gasteiger partial charge in [-0.25, -0.2) is 4.79 Å². The normalized spacial score (nSPS) is 10.2. The number of benzene rings is 1. The van der Waals surface area contributed by atoms with Gasteiger partial charge in [-0.1, -0.05) is 12.1 Å². The number of methoxy groups -OCH3 is 3. The van der Waals surface area contributed by atoms with Crippen LogP contribution in [0.4, 0.5) is 0 Å². The number of carbonyl (C=O) groups excluding carboxylic acids is 3. The van der Waals surface area contributed by atoms with Gasteiger partial charge in [-0.3, -0.25) is 14.3 Å². The van der Waals surface area contributed by atoms with E-state index in [4.69, 9.17) is 9.47 Å². The summed E-state index contributed by atoms with van der Waals surface area (Å²) in [6.07, 6.45) is 1.27. The molecule has 0 aliphatic rings. The molecule has 144 valence electrons. The summed E-state index contributed by atoms with van der Waals surface area (Å²) in [5.41, 5.74) is 0.900. The van der Waals surface area contributed by atoms with Crippen molar-refractivity contribution >= 4 is 17.8 Å². The molecular weight excluding hydrogens is 354 g/mol. The van der Waals surface area contributed by atoms with Gasteiger partial charge in [0.25, 0.3) is 5.91 Å². The zero-order valence-electron chi connectivity index (χ0n) is 15.6. The Morgan fingerprint density at radius 1 is 1.07 bits per heavy atom. The largest absolute Gasteiger partial charge is 0.497 e. The highest BCUT2D eigenvalue weighted by atomic mass is 16.5. The minimum Gasteiger partial charge on any atom is -0.497 e. The molecule has 0 atom stereocenters. The summed E-state index contributed by atoms with van der Waals surface area (Å²) in [4.78, 5) is 37.5. The second-order valence-corrected chi connectivity index (χ2v) is 5.64. The maximum Gasteiger partial charge on any atom is 0.341 e. The van der Waals surface area contributed by atoms with Crippen LogP contribution in [0.5, 0.6) is 5.75 Å². The first-order valence-electron chi connectivity index (χ1n) is 8.00. The van der Waals surface area contributed by atoms with E-state index in [2.05, 4.69) is 9.84 Å². The Hall–Kier alpha value is -3.36. The van der Waals surface area contributed by atoms with Gasteiger partial charge in [0, 0.05) is 7.05 Å². The minimum atomic E-state index is -0.689. The van der Waals surface area contributed by atoms with Gasteiger partial charge in [-0.05, 0) is 17.7 Å². The van der Waals surface area contributed by atoms with E-state index in [1.54, 1.807) is 19.2 Å². The first kappa shape index (κ1) is 20.0. The molecule has 2 aromatic rings. The van der Waals surface area contributed by atoms with Gasteiger partial charge in [-0.2, -0.15) is 5.10 Å². The highest BCUT2D eigenvalue weighted by Crippen LogP contribution is 2.17. The number of hydrogen-bond donors (Lipinski definition) is 0. The van der Waals surface area contributed by atoms with Crippen LogP contribution in [0.15, 0.2) is 30.5 Å². The number of likely N-dealkylation sites (N-methyl/N-ethyl adjacent to an activating group) is 1. The Kier molecular flexibility index (Phi) is 6.53. The number of esters is 2. The van der Waals surface area contributed by atoms with Gasteiger partial charge < -0.3 is 19.1 Å². The van der Waals surface area contributed by atoms with E-state index in [0.29, 0.717) is 5.75 Å². The highest BCUT2D eigenvalue weighted by Gasteiger charge is 2.27. The fourth-order valence-electron chi connectivity index (χ4n) is 2.40. The Morgan fingerprint density at radius 3 is 2.30 bits per heavy atom. The molecule has 0 aliphatic carbocycles. The molecule has 1 heterocycles. The van der Waals surface area contributed by atoms with Crippen LogP contribution < -0.4 is 4.74 Å². The number of aromatic nitrogens is 2. The molecule has 0 aliphatic heterocycles. The van der Waals surface area contributed by atoms with Crippen LogP contribution in [0, 0.1) is 0 Å². The van der Waals surface area contributed by atoms with Crippen LogP contribution in [-0.2, 0) is 20.8 Å². The number of rotatable bonds is 7. The van der Waals surface area contributed by atoms with E-state index in [9.17, 15) is 14.4 Å². The van der Waals surface area contributed by atoms with Gasteiger partial charge in [0.2, 0.25) is 0 Å². The summed E-state index contributed by atoms with van der Waals surface area (Å²) in [6.45, 7) is -0.0161. The van der Waals surface area contributed by atoms with Crippen LogP contribution in [-0.4, -0.2) is 67.4 Å². The van der Waals surface area contributed by atoms with Crippen molar-refractivity contribution in [3.8, 4) is 5.75 Å². The summed E-state index contributed by atoms with van der Waals surface area (Å²) < 4.78 is 15.8. The molecule has 0 N–H and O–H groups in total. The quantitative estimate of drug-likeness (QED) is 0.665. The molecule has 27 heavy (non-hydrogen) atoms. The number of carbonyl (C=O) groups is 3. The SMILES string of the molecule is COC(=O)CN(C)C(=O)c1c(C(=O)OC)cnn1Cc1ccc(OC)cc1. The number of hydrogen-bond acceptors (Lipinski definition) is 7. The predicted molar refractivity (Wildman–Crippen MR) is 94.6 cm³/mol. The fourth-order valence-corrected chi connectivity index (χ4v) is 2.40. The van der Waals surface area contributed by atoms with E-state index >= 15 is 0 Å². The molecule has 9 nitrogen and oxygen atoms in total. The lowest BCUT2D eigenvalue weighted by molar-refractivity contribution is -0.141. The first-order valence-corrected chi connectivity index (χ1v) is 8.00. The number of ether oxygens (including phenoxy) is 3. The van der Waals surface area contributed by atoms with Crippen molar-refractivity contribution in [3.05, 3.63) is 47.3 Å². The summed E-state index contributed by atoms with van der Waals surface area (Å²) in [6, 6.07) is 7.21. The molecule has 0 radical (unpaired) electrons. The third-order valence-corrected chi connectivity index (χ3v) is 3.88. The number of amides is 1. The lowest BCUT2D eigenvalue weighted by Gasteiger charge is -2.17. The molecule has 1 aromatic carbocycles. The zero-order valence-corrected chi connectivity index (χ0v) is 15.6. The van der Waals surface area contributed by atoms with Crippen molar-refractivity contribution in [2.24, 2.45) is 0 Å². The Bertz CT molecular complexity index is 828. The van der Waals surface area contributed by atoms with Crippen molar-refractivity contribution in [1.82, 2.24) is 14.7 Å². The maximum atomic E-state index is 12.8. The molecule has 0 bridgehead atoms. The van der Waals surface area contributed by atoms with Crippen LogP contribution >= 0.6 is 0 Å². The lowest BCUT2D eigenvalue weighted by Crippen LogP contribution is -2.35. The van der Waals surface area contributed by atoms with Crippen molar-refractivity contribution in [1.29, 1.82) is 0 Å². The summed E-state index contributed by atoms with van der Waals surface area (Å²) in [5.74, 6) is -1.12. The second-order valence-electron chi connectivity index (χ2n) is 5.64. The monoisotopic (exact) mass is 375 g/mol. The smallest absolute Gasteiger partial charge is 0.341 e. The molecule has 0 saturated carbocycles. The van der Waals surface area contributed by atoms with Crippen molar-refractivity contribution in [3.63, 3.8) is 0 Å². The zero-order chi connectivity index (χ0) is 20.0. The van der Waals surface area contributed by atoms with Gasteiger partial charge >= 0.3 is 11.9 Å². The second kappa shape index (κ2) is 8.84. The Balaban J connectivity index is 2.36. The topological polar surface area (TPSA) is 100.0 Å². The van der Waals surface area contributed by atoms with Crippen LogP contribution in [0.2, 0.25) is 0 Å². The Labute approximate surface area is 156 Å². The summed E-state index contributed by atoms with van der Waals surface area (Å²) in [7, 11) is 5.45. The average Bonchev–Trinajstić information content (AvgIpc) is 3.10. The molecule has 1 aromatic heterocycles. The molecule has 0 fully saturated rings. The third kappa shape index (κ3) is 4.63. The van der Waals surface area contributed by atoms with Gasteiger partial charge in [0.05, 0.1) is 34.1 Å². The molecule has 9 heteroatoms. The average molecular weight is 375 g/mol. The Morgan fingerprint density at radius 2 is 1.74 bits per heavy atom. The highest BCUT2D eigenvalue weighted by molar-refractivity contribution is 6.04. The van der Waals surface area contributed by atoms with Crippen molar-refractivity contribution in [2.75, 3.05) is 34.9 Å². The molecular formula is C18H21N3O6. The fraction of sp³-hybridized carbons (Fsp3) is 0.333. The molecule has 0 unspecified atom stereocenters. The molecule has 2 rings (SSSR count). The van der Waals surface area contributed by atoms with E-state index in [1.807, 2.05) is 12.1 Å². The van der Waals surface area contributed by atoms with Gasteiger partial charge in [0.1, 0.15) is 23.6 Å². The van der Waals surface area contributed by atoms with Crippen LogP contribution in [0.25, 0.3) is 0 Å². The molecule has 1 amide bonds. The van der Waals surface area contributed by atoms with E-state index in [1.165, 1.54) is 32.1 Å². The number of nitrogens with zero attached hydrogens (tertiary/aromatic N) is 3. The standard InChI is InChI=1S/C18H21N3O6/c1-20(11-15(22)26-3)17(23)16-14(18(24)27-4)9-19-21(16)10-12-5-7-13(25-2)8-6-12/h5-9H,10-11H2,1-4H3. The van der Waals surface area contributed by atoms with Crippen LogP contribution in [0.1, 0.15) is 26.4 Å². The summed E-state index contributed by atoms with van der Waals surface area (Å²) in [5, 5.41) is 4.15. The minimum absolute atomic E-state index is 0.0210. The van der Waals surface area contributed by atoms with Gasteiger partial charge in [0.15, 0.2) is 0 Å². The third-order valence-electron chi connectivity index (χ3n) is 3.88. The van der Waals surface area contributed by atoms with Crippen molar-refractivity contribution in [2.45, 2.75) is 6.54 Å². The first-order chi connectivity index (χ1) is 12.9. The lowest BCUT2D eigenvalue weighted by atomic mass is 10.2. The molecule has 0 spiro atoms. The summed E-state index contributed by atoms with van der Waals surface area (Å²) >= 11 is 0. The van der Waals surface area contributed by atoms with Crippen molar-refractivity contribution < 1.29 is 28.6 Å². The van der Waals surface area contributed by atoms with Gasteiger partial charge in [-0.15, -0.1) is 0 Å². The van der Waals surface area contributed by atoms with E-state index in [0.717, 1.165) is 10.5 Å². The van der Waals surface area contributed by atoms with E-state index < -0.39 is 17.8 Å². The maximum absolute atomic E-state index is 12.8. The predicted octanol–water partition coefficient (Wildman–Crippen LogP) is 0.972. The molecule has 0 saturated heterocycles. The van der Waals surface area contributed by atoms with E-state index in [-0.39, 0.29) is 24.3 Å².